The molecule has 2 atom stereocenters. The summed E-state index contributed by atoms with van der Waals surface area (Å²) in [4.78, 5) is 18.4. The van der Waals surface area contributed by atoms with E-state index >= 15 is 0 Å². The fraction of sp³-hybridized carbons (Fsp3) is 0.552. The summed E-state index contributed by atoms with van der Waals surface area (Å²) in [7, 11) is -3.01. The van der Waals surface area contributed by atoms with Crippen molar-refractivity contribution in [2.45, 2.75) is 51.7 Å². The third kappa shape index (κ3) is 6.31. The molecule has 2 aliphatic heterocycles. The molecule has 2 aliphatic rings. The maximum Gasteiger partial charge on any atom is 0.227 e. The van der Waals surface area contributed by atoms with Crippen molar-refractivity contribution in [3.8, 4) is 0 Å². The first-order valence-corrected chi connectivity index (χ1v) is 16.1. The van der Waals surface area contributed by atoms with E-state index in [-0.39, 0.29) is 30.4 Å². The molecule has 2 N–H and O–H groups in total. The van der Waals surface area contributed by atoms with Gasteiger partial charge in [-0.15, -0.1) is 0 Å². The van der Waals surface area contributed by atoms with E-state index in [2.05, 4.69) is 59.1 Å². The Kier molecular flexibility index (Phi) is 8.44. The van der Waals surface area contributed by atoms with Crippen LogP contribution < -0.4 is 15.1 Å². The molecule has 1 aromatic carbocycles. The van der Waals surface area contributed by atoms with E-state index in [4.69, 9.17) is 19.8 Å². The number of sulfone groups is 1. The number of pyridine rings is 1. The highest BCUT2D eigenvalue weighted by molar-refractivity contribution is 7.90. The lowest BCUT2D eigenvalue weighted by Gasteiger charge is -2.48. The predicted molar refractivity (Wildman–Crippen MR) is 159 cm³/mol. The molecule has 2 fully saturated rings. The lowest BCUT2D eigenvalue weighted by molar-refractivity contribution is 0.0157. The summed E-state index contributed by atoms with van der Waals surface area (Å²) >= 11 is 0. The van der Waals surface area contributed by atoms with Gasteiger partial charge in [-0.1, -0.05) is 19.9 Å². The molecule has 11 heteroatoms. The summed E-state index contributed by atoms with van der Waals surface area (Å²) in [5, 5.41) is 14.6. The van der Waals surface area contributed by atoms with Crippen molar-refractivity contribution in [2.24, 2.45) is 5.92 Å². The van der Waals surface area contributed by atoms with Gasteiger partial charge in [0.2, 0.25) is 5.95 Å². The molecule has 0 bridgehead atoms. The van der Waals surface area contributed by atoms with Crippen molar-refractivity contribution in [3.05, 3.63) is 42.2 Å². The predicted octanol–water partition coefficient (Wildman–Crippen LogP) is 3.74. The number of benzene rings is 1. The second-order valence-corrected chi connectivity index (χ2v) is 13.5. The third-order valence-corrected chi connectivity index (χ3v) is 9.07. The fourth-order valence-electron chi connectivity index (χ4n) is 5.80. The van der Waals surface area contributed by atoms with E-state index in [1.807, 2.05) is 12.3 Å². The molecule has 4 heterocycles. The molecule has 40 heavy (non-hydrogen) atoms. The van der Waals surface area contributed by atoms with Gasteiger partial charge in [-0.25, -0.2) is 18.4 Å². The van der Waals surface area contributed by atoms with Crippen molar-refractivity contribution in [3.63, 3.8) is 0 Å². The lowest BCUT2D eigenvalue weighted by Crippen LogP contribution is -2.57. The average molecular weight is 569 g/mol. The maximum atomic E-state index is 11.8. The van der Waals surface area contributed by atoms with Crippen LogP contribution in [0.1, 0.15) is 45.1 Å². The van der Waals surface area contributed by atoms with Crippen LogP contribution in [0.4, 0.5) is 23.3 Å². The Hall–Kier alpha value is -3.02. The third-order valence-electron chi connectivity index (χ3n) is 8.03. The zero-order chi connectivity index (χ0) is 28.4. The van der Waals surface area contributed by atoms with Gasteiger partial charge in [0.1, 0.15) is 21.5 Å². The zero-order valence-electron chi connectivity index (χ0n) is 23.7. The fourth-order valence-corrected chi connectivity index (χ4v) is 6.96. The number of fused-ring (bicyclic) bond motifs is 1. The summed E-state index contributed by atoms with van der Waals surface area (Å²) < 4.78 is 29.4. The number of rotatable bonds is 10. The summed E-state index contributed by atoms with van der Waals surface area (Å²) in [6.07, 6.45) is 6.89. The monoisotopic (exact) mass is 568 g/mol. The molecule has 2 aromatic heterocycles. The average Bonchev–Trinajstić information content (AvgIpc) is 2.93. The van der Waals surface area contributed by atoms with Crippen molar-refractivity contribution in [1.29, 1.82) is 0 Å². The van der Waals surface area contributed by atoms with Crippen molar-refractivity contribution in [1.82, 2.24) is 15.0 Å². The quantitative estimate of drug-likeness (QED) is 0.374. The number of aliphatic hydroxyl groups is 1. The SMILES string of the molecule is CC(C)c1ccc(N2C[C@H](CS(C)(=O)=O)[C@H]2C)c2cnc(Nc3ccnc(N4CCC(OCCO)CC4)n3)cc12. The number of hydrogen-bond donors (Lipinski definition) is 2. The first kappa shape index (κ1) is 28.5. The second-order valence-electron chi connectivity index (χ2n) is 11.3. The Morgan fingerprint density at radius 2 is 1.90 bits per heavy atom. The Morgan fingerprint density at radius 1 is 1.12 bits per heavy atom. The molecule has 0 saturated carbocycles. The van der Waals surface area contributed by atoms with Crippen LogP contribution in [0.2, 0.25) is 0 Å². The summed E-state index contributed by atoms with van der Waals surface area (Å²) in [6, 6.07) is 8.40. The lowest BCUT2D eigenvalue weighted by atomic mass is 9.88. The van der Waals surface area contributed by atoms with Gasteiger partial charge in [0.25, 0.3) is 0 Å². The number of aliphatic hydroxyl groups excluding tert-OH is 1. The highest BCUT2D eigenvalue weighted by Gasteiger charge is 2.38. The van der Waals surface area contributed by atoms with Gasteiger partial charge in [-0.05, 0) is 54.8 Å². The van der Waals surface area contributed by atoms with Crippen LogP contribution in [-0.4, -0.2) is 85.5 Å². The molecule has 216 valence electrons. The van der Waals surface area contributed by atoms with E-state index < -0.39 is 9.84 Å². The smallest absolute Gasteiger partial charge is 0.227 e. The minimum Gasteiger partial charge on any atom is -0.394 e. The van der Waals surface area contributed by atoms with Gasteiger partial charge in [0.15, 0.2) is 0 Å². The number of nitrogens with one attached hydrogen (secondary N) is 1. The second kappa shape index (κ2) is 11.8. The maximum absolute atomic E-state index is 11.8. The number of piperidine rings is 1. The first-order chi connectivity index (χ1) is 19.1. The van der Waals surface area contributed by atoms with Gasteiger partial charge in [0, 0.05) is 61.3 Å². The summed E-state index contributed by atoms with van der Waals surface area (Å²) in [5.41, 5.74) is 2.33. The Balaban J connectivity index is 1.35. The number of hydrogen-bond acceptors (Lipinski definition) is 10. The normalized spacial score (nSPS) is 20.2. The van der Waals surface area contributed by atoms with Crippen LogP contribution in [0.5, 0.6) is 0 Å². The zero-order valence-corrected chi connectivity index (χ0v) is 24.6. The van der Waals surface area contributed by atoms with E-state index in [1.54, 1.807) is 6.20 Å². The van der Waals surface area contributed by atoms with Gasteiger partial charge < -0.3 is 25.0 Å². The van der Waals surface area contributed by atoms with E-state index in [1.165, 1.54) is 11.8 Å². The molecule has 0 radical (unpaired) electrons. The van der Waals surface area contributed by atoms with Crippen molar-refractivity contribution >= 4 is 43.9 Å². The number of aromatic nitrogens is 3. The Labute approximate surface area is 236 Å². The largest absolute Gasteiger partial charge is 0.394 e. The highest BCUT2D eigenvalue weighted by atomic mass is 32.2. The van der Waals surface area contributed by atoms with Gasteiger partial charge in [-0.3, -0.25) is 0 Å². The first-order valence-electron chi connectivity index (χ1n) is 14.1. The molecular weight excluding hydrogens is 528 g/mol. The number of ether oxygens (including phenoxy) is 1. The Morgan fingerprint density at radius 3 is 2.58 bits per heavy atom. The molecule has 10 nitrogen and oxygen atoms in total. The van der Waals surface area contributed by atoms with Gasteiger partial charge in [0.05, 0.1) is 25.1 Å². The van der Waals surface area contributed by atoms with E-state index in [0.717, 1.165) is 48.9 Å². The van der Waals surface area contributed by atoms with Crippen LogP contribution >= 0.6 is 0 Å². The van der Waals surface area contributed by atoms with E-state index in [0.29, 0.717) is 30.1 Å². The molecule has 0 spiro atoms. The van der Waals surface area contributed by atoms with Gasteiger partial charge >= 0.3 is 0 Å². The molecule has 2 saturated heterocycles. The Bertz CT molecular complexity index is 1440. The standard InChI is InChI=1S/C29H40N6O4S/c1-19(2)23-5-6-26(35-17-21(20(35)3)18-40(4,37)38)25-16-31-28(15-24(23)25)32-27-7-10-30-29(33-27)34-11-8-22(9-12-34)39-14-13-36/h5-7,10,15-16,19-22,36H,8-9,11-14,17-18H2,1-4H3,(H,30,31,32,33)/t20-,21-/m1/s1. The van der Waals surface area contributed by atoms with Gasteiger partial charge in [-0.2, -0.15) is 4.98 Å². The molecule has 3 aromatic rings. The molecular formula is C29H40N6O4S. The number of nitrogens with zero attached hydrogens (tertiary/aromatic N) is 5. The highest BCUT2D eigenvalue weighted by Crippen LogP contribution is 2.39. The topological polar surface area (TPSA) is 121 Å². The van der Waals surface area contributed by atoms with Crippen LogP contribution in [-0.2, 0) is 14.6 Å². The van der Waals surface area contributed by atoms with Crippen LogP contribution in [0, 0.1) is 5.92 Å². The number of anilines is 4. The molecule has 0 unspecified atom stereocenters. The van der Waals surface area contributed by atoms with Crippen molar-refractivity contribution < 1.29 is 18.3 Å². The molecule has 0 aliphatic carbocycles. The minimum atomic E-state index is -3.01. The molecule has 5 rings (SSSR count). The molecule has 0 amide bonds. The summed E-state index contributed by atoms with van der Waals surface area (Å²) in [5.74, 6) is 2.74. The van der Waals surface area contributed by atoms with Crippen LogP contribution in [0.15, 0.2) is 36.7 Å². The van der Waals surface area contributed by atoms with Crippen LogP contribution in [0.3, 0.4) is 0 Å². The van der Waals surface area contributed by atoms with E-state index in [9.17, 15) is 8.42 Å². The van der Waals surface area contributed by atoms with Crippen molar-refractivity contribution in [2.75, 3.05) is 60.0 Å². The van der Waals surface area contributed by atoms with Crippen LogP contribution in [0.25, 0.3) is 10.8 Å². The minimum absolute atomic E-state index is 0.0447. The summed E-state index contributed by atoms with van der Waals surface area (Å²) in [6.45, 7) is 9.21.